The van der Waals surface area contributed by atoms with Crippen LogP contribution in [0.2, 0.25) is 0 Å². The molecule has 0 aromatic heterocycles. The van der Waals surface area contributed by atoms with Gasteiger partial charge in [0.2, 0.25) is 0 Å². The lowest BCUT2D eigenvalue weighted by Crippen LogP contribution is -1.94. The van der Waals surface area contributed by atoms with Gasteiger partial charge in [-0.05, 0) is 16.4 Å². The van der Waals surface area contributed by atoms with E-state index in [9.17, 15) is 0 Å². The molecule has 2 heterocycles. The summed E-state index contributed by atoms with van der Waals surface area (Å²) < 4.78 is 0.662. The number of hydrogen-bond donors (Lipinski definition) is 0. The van der Waals surface area contributed by atoms with E-state index in [0.717, 1.165) is 0 Å². The first-order chi connectivity index (χ1) is 4.47. The molecule has 0 N–H and O–H groups in total. The second-order valence-electron chi connectivity index (χ2n) is 1.90. The van der Waals surface area contributed by atoms with Crippen molar-refractivity contribution in [2.24, 2.45) is 0 Å². The highest BCUT2D eigenvalue weighted by Crippen LogP contribution is 2.39. The minimum atomic E-state index is 0.662. The van der Waals surface area contributed by atoms with E-state index in [2.05, 4.69) is 29.0 Å². The van der Waals surface area contributed by atoms with Crippen molar-refractivity contribution in [1.82, 2.24) is 0 Å². The maximum absolute atomic E-state index is 2.19. The van der Waals surface area contributed by atoms with E-state index in [-0.39, 0.29) is 0 Å². The lowest BCUT2D eigenvalue weighted by molar-refractivity contribution is 1.50. The molecule has 2 rings (SSSR count). The van der Waals surface area contributed by atoms with Crippen LogP contribution in [0.4, 0.5) is 0 Å². The number of hydrogen-bond acceptors (Lipinski definition) is 2. The molecule has 0 amide bonds. The van der Waals surface area contributed by atoms with Crippen molar-refractivity contribution in [1.29, 1.82) is 0 Å². The fourth-order valence-corrected chi connectivity index (χ4v) is 2.82. The fourth-order valence-electron chi connectivity index (χ4n) is 0.858. The molecule has 46 valence electrons. The molecule has 0 aromatic rings. The first-order valence-electron chi connectivity index (χ1n) is 2.81. The Morgan fingerprint density at radius 1 is 1.22 bits per heavy atom. The zero-order valence-electron chi connectivity index (χ0n) is 4.78. The molecular formula is C7H6S2. The monoisotopic (exact) mass is 154 g/mol. The molecule has 0 saturated carbocycles. The minimum Gasteiger partial charge on any atom is -0.114 e. The van der Waals surface area contributed by atoms with E-state index in [1.807, 2.05) is 23.5 Å². The SMILES string of the molecule is C1=CSC2SC=CC2=C1. The Kier molecular flexibility index (Phi) is 1.44. The summed E-state index contributed by atoms with van der Waals surface area (Å²) >= 11 is 3.77. The van der Waals surface area contributed by atoms with Crippen molar-refractivity contribution in [3.8, 4) is 0 Å². The molecule has 0 aromatic carbocycles. The van der Waals surface area contributed by atoms with Gasteiger partial charge in [0.25, 0.3) is 0 Å². The predicted octanol–water partition coefficient (Wildman–Crippen LogP) is 2.76. The van der Waals surface area contributed by atoms with Crippen LogP contribution in [0.1, 0.15) is 0 Å². The summed E-state index contributed by atoms with van der Waals surface area (Å²) in [6.07, 6.45) is 6.47. The van der Waals surface area contributed by atoms with Gasteiger partial charge in [0.15, 0.2) is 0 Å². The van der Waals surface area contributed by atoms with Gasteiger partial charge in [-0.25, -0.2) is 0 Å². The molecule has 1 atom stereocenters. The zero-order valence-corrected chi connectivity index (χ0v) is 6.41. The fraction of sp³-hybridized carbons (Fsp3) is 0.143. The standard InChI is InChI=1S/C7H6S2/c1-2-6-3-5-9-7(6)8-4-1/h1-5,7H. The normalized spacial score (nSPS) is 30.2. The number of rotatable bonds is 0. The minimum absolute atomic E-state index is 0.662. The first kappa shape index (κ1) is 5.69. The number of allylic oxidation sites excluding steroid dienone is 3. The predicted molar refractivity (Wildman–Crippen MR) is 45.3 cm³/mol. The van der Waals surface area contributed by atoms with Gasteiger partial charge in [0, 0.05) is 0 Å². The van der Waals surface area contributed by atoms with Crippen LogP contribution in [-0.2, 0) is 0 Å². The van der Waals surface area contributed by atoms with Crippen molar-refractivity contribution in [3.05, 3.63) is 34.6 Å². The van der Waals surface area contributed by atoms with Crippen molar-refractivity contribution >= 4 is 23.5 Å². The number of thioether (sulfide) groups is 2. The Bertz CT molecular complexity index is 201. The van der Waals surface area contributed by atoms with Gasteiger partial charge in [-0.1, -0.05) is 18.2 Å². The van der Waals surface area contributed by atoms with Gasteiger partial charge in [-0.15, -0.1) is 23.5 Å². The van der Waals surface area contributed by atoms with Crippen molar-refractivity contribution < 1.29 is 0 Å². The van der Waals surface area contributed by atoms with Crippen LogP contribution in [0.15, 0.2) is 34.6 Å². The molecule has 2 heteroatoms. The van der Waals surface area contributed by atoms with Crippen LogP contribution in [0, 0.1) is 0 Å². The van der Waals surface area contributed by atoms with Crippen molar-refractivity contribution in [2.75, 3.05) is 0 Å². The average Bonchev–Trinajstić information content (AvgIpc) is 2.33. The summed E-state index contributed by atoms with van der Waals surface area (Å²) in [6.45, 7) is 0. The van der Waals surface area contributed by atoms with Gasteiger partial charge >= 0.3 is 0 Å². The summed E-state index contributed by atoms with van der Waals surface area (Å²) in [5.41, 5.74) is 1.45. The molecule has 2 aliphatic rings. The highest BCUT2D eigenvalue weighted by atomic mass is 32.2. The van der Waals surface area contributed by atoms with Gasteiger partial charge in [-0.2, -0.15) is 0 Å². The maximum atomic E-state index is 2.19. The Hall–Kier alpha value is -0.0800. The molecule has 0 fully saturated rings. The van der Waals surface area contributed by atoms with Crippen molar-refractivity contribution in [2.45, 2.75) is 4.58 Å². The molecular weight excluding hydrogens is 148 g/mol. The Morgan fingerprint density at radius 3 is 3.00 bits per heavy atom. The van der Waals surface area contributed by atoms with Crippen LogP contribution < -0.4 is 0 Å². The lowest BCUT2D eigenvalue weighted by Gasteiger charge is -2.09. The van der Waals surface area contributed by atoms with Gasteiger partial charge < -0.3 is 0 Å². The Balaban J connectivity index is 2.31. The maximum Gasteiger partial charge on any atom is 0.0833 e. The molecule has 0 radical (unpaired) electrons. The second-order valence-corrected chi connectivity index (χ2v) is 4.23. The van der Waals surface area contributed by atoms with E-state index in [1.54, 1.807) is 0 Å². The van der Waals surface area contributed by atoms with Crippen LogP contribution in [-0.4, -0.2) is 4.58 Å². The smallest absolute Gasteiger partial charge is 0.0833 e. The molecule has 1 unspecified atom stereocenters. The largest absolute Gasteiger partial charge is 0.114 e. The summed E-state index contributed by atoms with van der Waals surface area (Å²) in [5.74, 6) is 0. The van der Waals surface area contributed by atoms with E-state index >= 15 is 0 Å². The third-order valence-electron chi connectivity index (χ3n) is 1.30. The quantitative estimate of drug-likeness (QED) is 0.526. The zero-order chi connectivity index (χ0) is 6.10. The van der Waals surface area contributed by atoms with Gasteiger partial charge in [0.05, 0.1) is 4.58 Å². The molecule has 0 nitrogen and oxygen atoms in total. The molecule has 0 spiro atoms. The molecule has 9 heavy (non-hydrogen) atoms. The van der Waals surface area contributed by atoms with E-state index in [4.69, 9.17) is 0 Å². The molecule has 0 aliphatic carbocycles. The summed E-state index contributed by atoms with van der Waals surface area (Å²) in [7, 11) is 0. The highest BCUT2D eigenvalue weighted by molar-refractivity contribution is 8.20. The molecule has 2 aliphatic heterocycles. The Morgan fingerprint density at radius 2 is 2.11 bits per heavy atom. The first-order valence-corrected chi connectivity index (χ1v) is 4.69. The van der Waals surface area contributed by atoms with E-state index in [0.29, 0.717) is 4.58 Å². The summed E-state index contributed by atoms with van der Waals surface area (Å²) in [5, 5.41) is 4.31. The van der Waals surface area contributed by atoms with E-state index < -0.39 is 0 Å². The van der Waals surface area contributed by atoms with Crippen LogP contribution in [0.3, 0.4) is 0 Å². The summed E-state index contributed by atoms with van der Waals surface area (Å²) in [4.78, 5) is 0. The van der Waals surface area contributed by atoms with Crippen LogP contribution >= 0.6 is 23.5 Å². The molecule has 0 saturated heterocycles. The number of fused-ring (bicyclic) bond motifs is 1. The van der Waals surface area contributed by atoms with Crippen molar-refractivity contribution in [3.63, 3.8) is 0 Å². The third-order valence-corrected chi connectivity index (χ3v) is 3.62. The average molecular weight is 154 g/mol. The molecule has 0 bridgehead atoms. The van der Waals surface area contributed by atoms with Crippen LogP contribution in [0.25, 0.3) is 0 Å². The Labute approximate surface area is 63.1 Å². The highest BCUT2D eigenvalue weighted by Gasteiger charge is 2.16. The lowest BCUT2D eigenvalue weighted by atomic mass is 10.3. The third kappa shape index (κ3) is 0.970. The topological polar surface area (TPSA) is 0 Å². The van der Waals surface area contributed by atoms with Gasteiger partial charge in [0.1, 0.15) is 0 Å². The van der Waals surface area contributed by atoms with E-state index in [1.165, 1.54) is 5.57 Å². The van der Waals surface area contributed by atoms with Gasteiger partial charge in [-0.3, -0.25) is 0 Å². The van der Waals surface area contributed by atoms with Crippen LogP contribution in [0.5, 0.6) is 0 Å². The summed E-state index contributed by atoms with van der Waals surface area (Å²) in [6, 6.07) is 0. The second kappa shape index (κ2) is 2.27.